The Labute approximate surface area is 257 Å². The molecule has 2 N–H and O–H groups in total. The molecule has 12 nitrogen and oxygen atoms in total. The molecule has 2 aromatic carbocycles. The van der Waals surface area contributed by atoms with E-state index in [1.165, 1.54) is 18.9 Å². The van der Waals surface area contributed by atoms with Gasteiger partial charge >= 0.3 is 0 Å². The molecular weight excluding hydrogens is 560 g/mol. The van der Waals surface area contributed by atoms with Gasteiger partial charge < -0.3 is 29.7 Å². The van der Waals surface area contributed by atoms with E-state index in [2.05, 4.69) is 48.3 Å². The molecule has 3 saturated heterocycles. The second-order valence-corrected chi connectivity index (χ2v) is 11.5. The minimum absolute atomic E-state index is 0.133. The quantitative estimate of drug-likeness (QED) is 0.396. The van der Waals surface area contributed by atoms with Crippen molar-refractivity contribution in [2.24, 2.45) is 0 Å². The molecule has 1 unspecified atom stereocenters. The van der Waals surface area contributed by atoms with Crippen LogP contribution >= 0.6 is 0 Å². The van der Waals surface area contributed by atoms with E-state index in [1.807, 2.05) is 18.2 Å². The van der Waals surface area contributed by atoms with Gasteiger partial charge in [-0.05, 0) is 62.2 Å². The Balaban J connectivity index is 1.07. The lowest BCUT2D eigenvalue weighted by atomic mass is 10.1. The maximum absolute atomic E-state index is 12.2. The summed E-state index contributed by atoms with van der Waals surface area (Å²) >= 11 is 0. The molecule has 3 aliphatic rings. The number of rotatable bonds is 8. The fraction of sp³-hybridized carbons (Fsp3) is 0.469. The molecule has 2 atom stereocenters. The summed E-state index contributed by atoms with van der Waals surface area (Å²) in [6.07, 6.45) is 2.45. The van der Waals surface area contributed by atoms with Crippen LogP contribution in [0.2, 0.25) is 0 Å². The van der Waals surface area contributed by atoms with Gasteiger partial charge in [-0.15, -0.1) is 0 Å². The number of carbonyl (C=O) groups excluding carboxylic acids is 1. The van der Waals surface area contributed by atoms with Crippen LogP contribution in [0, 0.1) is 11.3 Å². The molecule has 44 heavy (non-hydrogen) atoms. The van der Waals surface area contributed by atoms with E-state index in [0.29, 0.717) is 54.2 Å². The van der Waals surface area contributed by atoms with Crippen molar-refractivity contribution in [3.63, 3.8) is 0 Å². The lowest BCUT2D eigenvalue weighted by Crippen LogP contribution is -2.56. The fourth-order valence-corrected chi connectivity index (χ4v) is 5.87. The third-order valence-corrected chi connectivity index (χ3v) is 8.51. The monoisotopic (exact) mass is 598 g/mol. The highest BCUT2D eigenvalue weighted by Crippen LogP contribution is 2.28. The lowest BCUT2D eigenvalue weighted by molar-refractivity contribution is -0.139. The predicted molar refractivity (Wildman–Crippen MR) is 165 cm³/mol. The van der Waals surface area contributed by atoms with E-state index in [0.717, 1.165) is 57.9 Å². The van der Waals surface area contributed by atoms with Crippen LogP contribution in [0.3, 0.4) is 0 Å². The van der Waals surface area contributed by atoms with E-state index in [9.17, 15) is 15.2 Å². The summed E-state index contributed by atoms with van der Waals surface area (Å²) in [5.41, 5.74) is 3.12. The largest absolute Gasteiger partial charge is 0.489 e. The summed E-state index contributed by atoms with van der Waals surface area (Å²) in [6, 6.07) is 16.4. The van der Waals surface area contributed by atoms with Crippen LogP contribution in [0.4, 0.5) is 17.3 Å². The third kappa shape index (κ3) is 6.91. The van der Waals surface area contributed by atoms with Gasteiger partial charge in [-0.1, -0.05) is 0 Å². The summed E-state index contributed by atoms with van der Waals surface area (Å²) < 4.78 is 11.6. The van der Waals surface area contributed by atoms with Gasteiger partial charge in [-0.25, -0.2) is 9.97 Å². The first-order valence-corrected chi connectivity index (χ1v) is 15.3. The standard InChI is InChI=1S/C32H38N8O4/c1-22(41)31(42)40-11-2-3-28(10-12-40)44-29-9-4-23(17-24(29)18-33)30-34-21-35-32(37-30)36-25-5-7-26(8-6-25)38-13-15-39(16-14-38)27-19-43-20-27/h4-9,17,21-22,27-28,41H,2-3,10-16,19-20H2,1H3,(H,34,35,36,37)/t22-,28?/m0/s1. The summed E-state index contributed by atoms with van der Waals surface area (Å²) in [7, 11) is 0. The molecule has 3 aromatic rings. The topological polar surface area (TPSA) is 140 Å². The van der Waals surface area contributed by atoms with Crippen molar-refractivity contribution in [3.05, 3.63) is 54.4 Å². The highest BCUT2D eigenvalue weighted by molar-refractivity contribution is 5.80. The van der Waals surface area contributed by atoms with Crippen molar-refractivity contribution in [1.82, 2.24) is 24.8 Å². The Morgan fingerprint density at radius 2 is 1.86 bits per heavy atom. The van der Waals surface area contributed by atoms with Crippen molar-refractivity contribution in [1.29, 1.82) is 5.26 Å². The number of benzene rings is 2. The van der Waals surface area contributed by atoms with Crippen LogP contribution in [0.1, 0.15) is 31.7 Å². The number of carbonyl (C=O) groups is 1. The van der Waals surface area contributed by atoms with Crippen molar-refractivity contribution < 1.29 is 19.4 Å². The van der Waals surface area contributed by atoms with Gasteiger partial charge in [0.2, 0.25) is 5.95 Å². The first kappa shape index (κ1) is 29.7. The number of likely N-dealkylation sites (tertiary alicyclic amines) is 1. The zero-order chi connectivity index (χ0) is 30.5. The minimum Gasteiger partial charge on any atom is -0.489 e. The smallest absolute Gasteiger partial charge is 0.251 e. The fourth-order valence-electron chi connectivity index (χ4n) is 5.87. The number of hydrogen-bond acceptors (Lipinski definition) is 11. The highest BCUT2D eigenvalue weighted by Gasteiger charge is 2.29. The number of aliphatic hydroxyl groups is 1. The number of nitriles is 1. The molecule has 1 aromatic heterocycles. The van der Waals surface area contributed by atoms with E-state index >= 15 is 0 Å². The number of ether oxygens (including phenoxy) is 2. The molecule has 0 radical (unpaired) electrons. The Bertz CT molecular complexity index is 1480. The zero-order valence-electron chi connectivity index (χ0n) is 24.9. The molecular formula is C32H38N8O4. The van der Waals surface area contributed by atoms with Gasteiger partial charge in [-0.2, -0.15) is 10.2 Å². The average Bonchev–Trinajstić information content (AvgIpc) is 3.26. The van der Waals surface area contributed by atoms with Crippen LogP contribution < -0.4 is 15.0 Å². The summed E-state index contributed by atoms with van der Waals surface area (Å²) in [6.45, 7) is 8.39. The Kier molecular flexibility index (Phi) is 9.16. The van der Waals surface area contributed by atoms with Crippen molar-refractivity contribution in [2.45, 2.75) is 44.4 Å². The van der Waals surface area contributed by atoms with Crippen LogP contribution in [0.15, 0.2) is 48.8 Å². The minimum atomic E-state index is -1.01. The van der Waals surface area contributed by atoms with Gasteiger partial charge in [0, 0.05) is 62.6 Å². The first-order chi connectivity index (χ1) is 21.5. The van der Waals surface area contributed by atoms with Gasteiger partial charge in [-0.3, -0.25) is 9.69 Å². The number of anilines is 3. The molecule has 0 bridgehead atoms. The number of nitrogens with zero attached hydrogens (tertiary/aromatic N) is 7. The van der Waals surface area contributed by atoms with Crippen LogP contribution in [0.25, 0.3) is 11.4 Å². The molecule has 0 spiro atoms. The van der Waals surface area contributed by atoms with Crippen molar-refractivity contribution in [3.8, 4) is 23.2 Å². The Morgan fingerprint density at radius 3 is 2.57 bits per heavy atom. The third-order valence-electron chi connectivity index (χ3n) is 8.51. The van der Waals surface area contributed by atoms with Crippen molar-refractivity contribution in [2.75, 3.05) is 62.7 Å². The second kappa shape index (κ2) is 13.5. The van der Waals surface area contributed by atoms with Crippen molar-refractivity contribution >= 4 is 23.2 Å². The van der Waals surface area contributed by atoms with Gasteiger partial charge in [0.05, 0.1) is 24.8 Å². The molecule has 3 fully saturated rings. The van der Waals surface area contributed by atoms with E-state index in [4.69, 9.17) is 9.47 Å². The number of nitrogens with one attached hydrogen (secondary N) is 1. The molecule has 0 aliphatic carbocycles. The number of hydrogen-bond donors (Lipinski definition) is 2. The number of amides is 1. The maximum Gasteiger partial charge on any atom is 0.251 e. The highest BCUT2D eigenvalue weighted by atomic mass is 16.5. The second-order valence-electron chi connectivity index (χ2n) is 11.5. The molecule has 3 aliphatic heterocycles. The van der Waals surface area contributed by atoms with Crippen LogP contribution in [0.5, 0.6) is 5.75 Å². The maximum atomic E-state index is 12.2. The molecule has 4 heterocycles. The SMILES string of the molecule is C[C@H](O)C(=O)N1CCCC(Oc2ccc(-c3ncnc(Nc4ccc(N5CCN(C6COC6)CC5)cc4)n3)cc2C#N)CC1. The normalized spacial score (nSPS) is 20.2. The summed E-state index contributed by atoms with van der Waals surface area (Å²) in [5.74, 6) is 1.08. The summed E-state index contributed by atoms with van der Waals surface area (Å²) in [5, 5.41) is 22.8. The van der Waals surface area contributed by atoms with Crippen LogP contribution in [-0.4, -0.2) is 106 Å². The Morgan fingerprint density at radius 1 is 1.07 bits per heavy atom. The molecule has 230 valence electrons. The number of aliphatic hydroxyl groups excluding tert-OH is 1. The number of piperazine rings is 1. The lowest BCUT2D eigenvalue weighted by Gasteiger charge is -2.43. The zero-order valence-corrected chi connectivity index (χ0v) is 24.9. The first-order valence-electron chi connectivity index (χ1n) is 15.3. The van der Waals surface area contributed by atoms with Gasteiger partial charge in [0.25, 0.3) is 5.91 Å². The van der Waals surface area contributed by atoms with Gasteiger partial charge in [0.1, 0.15) is 30.4 Å². The summed E-state index contributed by atoms with van der Waals surface area (Å²) in [4.78, 5) is 32.0. The van der Waals surface area contributed by atoms with E-state index in [1.54, 1.807) is 17.0 Å². The Hall–Kier alpha value is -4.31. The van der Waals surface area contributed by atoms with Crippen LogP contribution in [-0.2, 0) is 9.53 Å². The van der Waals surface area contributed by atoms with E-state index < -0.39 is 6.10 Å². The molecule has 1 amide bonds. The molecule has 6 rings (SSSR count). The van der Waals surface area contributed by atoms with Gasteiger partial charge in [0.15, 0.2) is 5.82 Å². The van der Waals surface area contributed by atoms with E-state index in [-0.39, 0.29) is 12.0 Å². The average molecular weight is 599 g/mol. The number of aromatic nitrogens is 3. The molecule has 12 heteroatoms. The molecule has 0 saturated carbocycles. The predicted octanol–water partition coefficient (Wildman–Crippen LogP) is 2.82.